The second kappa shape index (κ2) is 6.04. The molecular weight excluding hydrogens is 332 g/mol. The third-order valence-corrected chi connectivity index (χ3v) is 3.28. The molecule has 0 spiro atoms. The first-order valence-electron chi connectivity index (χ1n) is 5.48. The van der Waals surface area contributed by atoms with Crippen LogP contribution in [0.4, 0.5) is 11.4 Å². The van der Waals surface area contributed by atoms with Crippen LogP contribution >= 0.6 is 27.5 Å². The summed E-state index contributed by atoms with van der Waals surface area (Å²) < 4.78 is 0.947. The zero-order chi connectivity index (χ0) is 13.8. The van der Waals surface area contributed by atoms with Crippen LogP contribution in [-0.4, -0.2) is 4.92 Å². The second-order valence-electron chi connectivity index (χ2n) is 3.89. The van der Waals surface area contributed by atoms with Gasteiger partial charge in [0.05, 0.1) is 4.92 Å². The van der Waals surface area contributed by atoms with Gasteiger partial charge >= 0.3 is 0 Å². The fourth-order valence-electron chi connectivity index (χ4n) is 1.65. The molecule has 0 amide bonds. The fraction of sp³-hybridized carbons (Fsp3) is 0.0769. The Bertz CT molecular complexity index is 619. The van der Waals surface area contributed by atoms with E-state index in [1.807, 2.05) is 24.3 Å². The fourth-order valence-corrected chi connectivity index (χ4v) is 2.22. The summed E-state index contributed by atoms with van der Waals surface area (Å²) >= 11 is 9.14. The maximum Gasteiger partial charge on any atom is 0.275 e. The molecule has 0 saturated heterocycles. The highest BCUT2D eigenvalue weighted by Gasteiger charge is 2.13. The second-order valence-corrected chi connectivity index (χ2v) is 5.25. The van der Waals surface area contributed by atoms with Crippen LogP contribution in [0.3, 0.4) is 0 Å². The molecule has 0 unspecified atom stereocenters. The standard InChI is InChI=1S/C13H10BrClN2O2/c14-10-2-1-3-12(6-10)16-8-9-4-5-11(15)7-13(9)17(18)19/h1-7,16H,8H2. The summed E-state index contributed by atoms with van der Waals surface area (Å²) in [4.78, 5) is 10.5. The van der Waals surface area contributed by atoms with E-state index >= 15 is 0 Å². The molecule has 0 aliphatic rings. The van der Waals surface area contributed by atoms with Crippen LogP contribution in [0.5, 0.6) is 0 Å². The summed E-state index contributed by atoms with van der Waals surface area (Å²) in [6.45, 7) is 0.365. The van der Waals surface area contributed by atoms with Gasteiger partial charge in [0.25, 0.3) is 5.69 Å². The lowest BCUT2D eigenvalue weighted by molar-refractivity contribution is -0.385. The lowest BCUT2D eigenvalue weighted by atomic mass is 10.1. The van der Waals surface area contributed by atoms with Crippen molar-refractivity contribution in [1.82, 2.24) is 0 Å². The minimum Gasteiger partial charge on any atom is -0.381 e. The van der Waals surface area contributed by atoms with Gasteiger partial charge in [-0.1, -0.05) is 33.6 Å². The number of nitrogens with zero attached hydrogens (tertiary/aromatic N) is 1. The highest BCUT2D eigenvalue weighted by atomic mass is 79.9. The van der Waals surface area contributed by atoms with Crippen molar-refractivity contribution in [2.75, 3.05) is 5.32 Å². The van der Waals surface area contributed by atoms with Gasteiger partial charge in [0.1, 0.15) is 0 Å². The molecule has 2 rings (SSSR count). The number of halogens is 2. The van der Waals surface area contributed by atoms with Crippen molar-refractivity contribution in [3.8, 4) is 0 Å². The number of hydrogen-bond acceptors (Lipinski definition) is 3. The first-order valence-corrected chi connectivity index (χ1v) is 6.65. The van der Waals surface area contributed by atoms with Crippen molar-refractivity contribution >= 4 is 38.9 Å². The van der Waals surface area contributed by atoms with E-state index in [4.69, 9.17) is 11.6 Å². The van der Waals surface area contributed by atoms with Crippen LogP contribution in [0.15, 0.2) is 46.9 Å². The summed E-state index contributed by atoms with van der Waals surface area (Å²) in [7, 11) is 0. The van der Waals surface area contributed by atoms with Crippen LogP contribution in [0, 0.1) is 10.1 Å². The molecule has 0 atom stereocenters. The third kappa shape index (κ3) is 3.68. The van der Waals surface area contributed by atoms with Gasteiger partial charge in [-0.15, -0.1) is 0 Å². The van der Waals surface area contributed by atoms with Gasteiger partial charge in [0.15, 0.2) is 0 Å². The molecule has 0 aliphatic heterocycles. The predicted molar refractivity (Wildman–Crippen MR) is 79.6 cm³/mol. The van der Waals surface area contributed by atoms with E-state index in [0.29, 0.717) is 17.1 Å². The number of nitro benzene ring substituents is 1. The molecule has 19 heavy (non-hydrogen) atoms. The van der Waals surface area contributed by atoms with Gasteiger partial charge in [-0.25, -0.2) is 0 Å². The molecule has 0 saturated carbocycles. The molecule has 0 fully saturated rings. The molecule has 0 heterocycles. The van der Waals surface area contributed by atoms with Gasteiger partial charge in [-0.3, -0.25) is 10.1 Å². The third-order valence-electron chi connectivity index (χ3n) is 2.55. The van der Waals surface area contributed by atoms with E-state index in [-0.39, 0.29) is 5.69 Å². The average Bonchev–Trinajstić information content (AvgIpc) is 2.37. The van der Waals surface area contributed by atoms with Crippen molar-refractivity contribution in [3.63, 3.8) is 0 Å². The number of nitro groups is 1. The Balaban J connectivity index is 2.17. The van der Waals surface area contributed by atoms with Crippen molar-refractivity contribution < 1.29 is 4.92 Å². The van der Waals surface area contributed by atoms with Gasteiger partial charge in [-0.05, 0) is 30.3 Å². The smallest absolute Gasteiger partial charge is 0.275 e. The Morgan fingerprint density at radius 2 is 2.05 bits per heavy atom. The minimum atomic E-state index is -0.427. The molecule has 6 heteroatoms. The molecule has 0 aliphatic carbocycles. The minimum absolute atomic E-state index is 0.0231. The Morgan fingerprint density at radius 3 is 2.74 bits per heavy atom. The maximum absolute atomic E-state index is 11.0. The lowest BCUT2D eigenvalue weighted by Gasteiger charge is -2.07. The van der Waals surface area contributed by atoms with E-state index in [1.54, 1.807) is 12.1 Å². The van der Waals surface area contributed by atoms with Crippen LogP contribution < -0.4 is 5.32 Å². The Kier molecular flexibility index (Phi) is 4.39. The van der Waals surface area contributed by atoms with Crippen LogP contribution in [0.25, 0.3) is 0 Å². The molecule has 2 aromatic rings. The van der Waals surface area contributed by atoms with E-state index < -0.39 is 4.92 Å². The zero-order valence-corrected chi connectivity index (χ0v) is 12.1. The zero-order valence-electron chi connectivity index (χ0n) is 9.77. The summed E-state index contributed by atoms with van der Waals surface area (Å²) in [5.41, 5.74) is 1.50. The number of hydrogen-bond donors (Lipinski definition) is 1. The van der Waals surface area contributed by atoms with E-state index in [1.165, 1.54) is 6.07 Å². The van der Waals surface area contributed by atoms with Crippen molar-refractivity contribution in [2.45, 2.75) is 6.54 Å². The molecule has 98 valence electrons. The van der Waals surface area contributed by atoms with Crippen molar-refractivity contribution in [1.29, 1.82) is 0 Å². The number of nitrogens with one attached hydrogen (secondary N) is 1. The Morgan fingerprint density at radius 1 is 1.26 bits per heavy atom. The van der Waals surface area contributed by atoms with Crippen molar-refractivity contribution in [3.05, 3.63) is 67.6 Å². The molecule has 0 aromatic heterocycles. The van der Waals surface area contributed by atoms with Gasteiger partial charge in [-0.2, -0.15) is 0 Å². The SMILES string of the molecule is O=[N+]([O-])c1cc(Cl)ccc1CNc1cccc(Br)c1. The highest BCUT2D eigenvalue weighted by Crippen LogP contribution is 2.24. The molecule has 4 nitrogen and oxygen atoms in total. The quantitative estimate of drug-likeness (QED) is 0.652. The lowest BCUT2D eigenvalue weighted by Crippen LogP contribution is -2.03. The summed E-state index contributed by atoms with van der Waals surface area (Å²) in [5, 5.41) is 14.4. The average molecular weight is 342 g/mol. The topological polar surface area (TPSA) is 55.2 Å². The van der Waals surface area contributed by atoms with Gasteiger partial charge < -0.3 is 5.32 Å². The summed E-state index contributed by atoms with van der Waals surface area (Å²) in [5.74, 6) is 0. The van der Waals surface area contributed by atoms with E-state index in [2.05, 4.69) is 21.2 Å². The van der Waals surface area contributed by atoms with Gasteiger partial charge in [0, 0.05) is 33.4 Å². The maximum atomic E-state index is 11.0. The first-order chi connectivity index (χ1) is 9.06. The Hall–Kier alpha value is -1.59. The number of benzene rings is 2. The molecule has 1 N–H and O–H groups in total. The summed E-state index contributed by atoms with van der Waals surface area (Å²) in [6, 6.07) is 12.3. The largest absolute Gasteiger partial charge is 0.381 e. The molecule has 0 bridgehead atoms. The molecule has 2 aromatic carbocycles. The Labute approximate surface area is 123 Å². The normalized spacial score (nSPS) is 10.2. The van der Waals surface area contributed by atoms with Crippen LogP contribution in [-0.2, 0) is 6.54 Å². The highest BCUT2D eigenvalue weighted by molar-refractivity contribution is 9.10. The molecular formula is C13H10BrClN2O2. The number of rotatable bonds is 4. The van der Waals surface area contributed by atoms with Crippen LogP contribution in [0.1, 0.15) is 5.56 Å². The van der Waals surface area contributed by atoms with Crippen LogP contribution in [0.2, 0.25) is 5.02 Å². The summed E-state index contributed by atoms with van der Waals surface area (Å²) in [6.07, 6.45) is 0. The predicted octanol–water partition coefficient (Wildman–Crippen LogP) is 4.62. The number of anilines is 1. The van der Waals surface area contributed by atoms with E-state index in [9.17, 15) is 10.1 Å². The van der Waals surface area contributed by atoms with E-state index in [0.717, 1.165) is 10.2 Å². The monoisotopic (exact) mass is 340 g/mol. The molecule has 0 radical (unpaired) electrons. The van der Waals surface area contributed by atoms with Crippen molar-refractivity contribution in [2.24, 2.45) is 0 Å². The first kappa shape index (κ1) is 13.8. The van der Waals surface area contributed by atoms with Gasteiger partial charge in [0.2, 0.25) is 0 Å².